The molecule has 0 amide bonds. The summed E-state index contributed by atoms with van der Waals surface area (Å²) in [4.78, 5) is 6.49. The summed E-state index contributed by atoms with van der Waals surface area (Å²) < 4.78 is 18.5. The summed E-state index contributed by atoms with van der Waals surface area (Å²) in [5.74, 6) is 1.12. The lowest BCUT2D eigenvalue weighted by atomic mass is 10.1. The number of rotatable bonds is 6. The van der Waals surface area contributed by atoms with Crippen molar-refractivity contribution in [3.63, 3.8) is 0 Å². The molecule has 24 heavy (non-hydrogen) atoms. The molecule has 0 unspecified atom stereocenters. The number of anilines is 1. The minimum atomic E-state index is -0.892. The van der Waals surface area contributed by atoms with E-state index in [4.69, 9.17) is 4.74 Å². The first-order chi connectivity index (χ1) is 11.6. The number of benzene rings is 1. The van der Waals surface area contributed by atoms with Gasteiger partial charge >= 0.3 is 0 Å². The predicted molar refractivity (Wildman–Crippen MR) is 90.5 cm³/mol. The fourth-order valence-corrected chi connectivity index (χ4v) is 2.97. The molecule has 1 aromatic heterocycles. The van der Waals surface area contributed by atoms with Crippen LogP contribution in [0.15, 0.2) is 42.6 Å². The van der Waals surface area contributed by atoms with Crippen molar-refractivity contribution in [3.8, 4) is 5.75 Å². The number of nitrogens with zero attached hydrogens (tertiary/aromatic N) is 2. The summed E-state index contributed by atoms with van der Waals surface area (Å²) in [6.45, 7) is 2.25. The van der Waals surface area contributed by atoms with E-state index in [1.54, 1.807) is 18.3 Å². The fraction of sp³-hybridized carbons (Fsp3) is 0.389. The summed E-state index contributed by atoms with van der Waals surface area (Å²) in [6.07, 6.45) is 2.40. The molecule has 1 fully saturated rings. The lowest BCUT2D eigenvalue weighted by molar-refractivity contribution is 0.00337. The molecule has 0 spiro atoms. The van der Waals surface area contributed by atoms with Crippen LogP contribution in [0.5, 0.6) is 5.75 Å². The van der Waals surface area contributed by atoms with E-state index in [1.807, 2.05) is 19.2 Å². The molecule has 1 aliphatic heterocycles. The predicted octanol–water partition coefficient (Wildman–Crippen LogP) is 2.28. The van der Waals surface area contributed by atoms with Crippen molar-refractivity contribution in [1.82, 2.24) is 9.88 Å². The molecule has 1 saturated heterocycles. The van der Waals surface area contributed by atoms with Crippen molar-refractivity contribution in [2.75, 3.05) is 32.1 Å². The maximum absolute atomic E-state index is 12.9. The first-order valence-corrected chi connectivity index (χ1v) is 8.03. The Morgan fingerprint density at radius 1 is 1.33 bits per heavy atom. The second-order valence-electron chi connectivity index (χ2n) is 6.19. The zero-order valence-corrected chi connectivity index (χ0v) is 13.7. The van der Waals surface area contributed by atoms with Crippen molar-refractivity contribution < 1.29 is 14.2 Å². The average molecular weight is 331 g/mol. The average Bonchev–Trinajstić information content (AvgIpc) is 2.96. The van der Waals surface area contributed by atoms with E-state index in [1.165, 1.54) is 12.1 Å². The molecule has 2 heterocycles. The first-order valence-electron chi connectivity index (χ1n) is 8.03. The third kappa shape index (κ3) is 4.01. The molecule has 6 heteroatoms. The standard InChI is InChI=1S/C18H22FN3O2/c1-20-17-14(3-2-9-21-17)11-22-10-8-18(23,12-22)13-24-16-6-4-15(19)5-7-16/h2-7,9,23H,8,10-13H2,1H3,(H,20,21)/t18-/m0/s1. The molecular formula is C18H22FN3O2. The maximum Gasteiger partial charge on any atom is 0.130 e. The van der Waals surface area contributed by atoms with Gasteiger partial charge in [-0.25, -0.2) is 9.37 Å². The summed E-state index contributed by atoms with van der Waals surface area (Å²) in [5, 5.41) is 13.8. The van der Waals surface area contributed by atoms with Crippen LogP contribution in [0.2, 0.25) is 0 Å². The lowest BCUT2D eigenvalue weighted by Crippen LogP contribution is -2.39. The van der Waals surface area contributed by atoms with Crippen LogP contribution in [0.4, 0.5) is 10.2 Å². The highest BCUT2D eigenvalue weighted by Crippen LogP contribution is 2.25. The van der Waals surface area contributed by atoms with Gasteiger partial charge < -0.3 is 15.2 Å². The van der Waals surface area contributed by atoms with Gasteiger partial charge in [-0.3, -0.25) is 4.90 Å². The van der Waals surface area contributed by atoms with Crippen LogP contribution in [0.1, 0.15) is 12.0 Å². The fourth-order valence-electron chi connectivity index (χ4n) is 2.97. The molecule has 0 aliphatic carbocycles. The molecule has 3 rings (SSSR count). The summed E-state index contributed by atoms with van der Waals surface area (Å²) in [6, 6.07) is 9.78. The third-order valence-corrected chi connectivity index (χ3v) is 4.25. The Morgan fingerprint density at radius 2 is 2.12 bits per heavy atom. The Kier molecular flexibility index (Phi) is 4.97. The molecule has 2 N–H and O–H groups in total. The first kappa shape index (κ1) is 16.7. The number of hydrogen-bond acceptors (Lipinski definition) is 5. The highest BCUT2D eigenvalue weighted by molar-refractivity contribution is 5.42. The lowest BCUT2D eigenvalue weighted by Gasteiger charge is -2.24. The van der Waals surface area contributed by atoms with Gasteiger partial charge in [-0.05, 0) is 36.8 Å². The second-order valence-corrected chi connectivity index (χ2v) is 6.19. The number of aromatic nitrogens is 1. The zero-order valence-electron chi connectivity index (χ0n) is 13.7. The van der Waals surface area contributed by atoms with E-state index in [0.717, 1.165) is 24.5 Å². The van der Waals surface area contributed by atoms with Gasteiger partial charge in [-0.2, -0.15) is 0 Å². The Morgan fingerprint density at radius 3 is 2.88 bits per heavy atom. The van der Waals surface area contributed by atoms with Gasteiger partial charge in [0.2, 0.25) is 0 Å². The maximum atomic E-state index is 12.9. The van der Waals surface area contributed by atoms with Gasteiger partial charge in [-0.1, -0.05) is 6.07 Å². The molecule has 128 valence electrons. The van der Waals surface area contributed by atoms with E-state index >= 15 is 0 Å². The zero-order chi connectivity index (χ0) is 17.0. The number of likely N-dealkylation sites (tertiary alicyclic amines) is 1. The van der Waals surface area contributed by atoms with E-state index < -0.39 is 5.60 Å². The molecule has 0 bridgehead atoms. The van der Waals surface area contributed by atoms with Crippen molar-refractivity contribution in [1.29, 1.82) is 0 Å². The molecule has 0 saturated carbocycles. The van der Waals surface area contributed by atoms with Gasteiger partial charge in [0, 0.05) is 38.4 Å². The Hall–Kier alpha value is -2.18. The highest BCUT2D eigenvalue weighted by atomic mass is 19.1. The van der Waals surface area contributed by atoms with Crippen LogP contribution in [-0.2, 0) is 6.54 Å². The second kappa shape index (κ2) is 7.15. The molecule has 2 aromatic rings. The summed E-state index contributed by atoms with van der Waals surface area (Å²) in [5.41, 5.74) is 0.208. The van der Waals surface area contributed by atoms with Gasteiger partial charge in [0.1, 0.15) is 29.6 Å². The number of halogens is 1. The van der Waals surface area contributed by atoms with E-state index in [9.17, 15) is 9.50 Å². The normalized spacial score (nSPS) is 21.0. The molecule has 1 atom stereocenters. The topological polar surface area (TPSA) is 57.6 Å². The van der Waals surface area contributed by atoms with Crippen LogP contribution < -0.4 is 10.1 Å². The Balaban J connectivity index is 1.56. The van der Waals surface area contributed by atoms with Crippen LogP contribution >= 0.6 is 0 Å². The van der Waals surface area contributed by atoms with Gasteiger partial charge in [0.15, 0.2) is 0 Å². The van der Waals surface area contributed by atoms with Crippen LogP contribution in [0.3, 0.4) is 0 Å². The van der Waals surface area contributed by atoms with Crippen molar-refractivity contribution in [2.45, 2.75) is 18.6 Å². The van der Waals surface area contributed by atoms with E-state index in [-0.39, 0.29) is 12.4 Å². The van der Waals surface area contributed by atoms with E-state index in [2.05, 4.69) is 15.2 Å². The van der Waals surface area contributed by atoms with Crippen molar-refractivity contribution in [3.05, 3.63) is 54.0 Å². The van der Waals surface area contributed by atoms with Gasteiger partial charge in [0.25, 0.3) is 0 Å². The van der Waals surface area contributed by atoms with Crippen LogP contribution in [0.25, 0.3) is 0 Å². The monoisotopic (exact) mass is 331 g/mol. The number of ether oxygens (including phenoxy) is 1. The Bertz CT molecular complexity index is 680. The highest BCUT2D eigenvalue weighted by Gasteiger charge is 2.37. The van der Waals surface area contributed by atoms with Crippen LogP contribution in [0, 0.1) is 5.82 Å². The van der Waals surface area contributed by atoms with Crippen molar-refractivity contribution in [2.24, 2.45) is 0 Å². The number of hydrogen-bond donors (Lipinski definition) is 2. The number of nitrogens with one attached hydrogen (secondary N) is 1. The summed E-state index contributed by atoms with van der Waals surface area (Å²) >= 11 is 0. The SMILES string of the molecule is CNc1ncccc1CN1CC[C@@](O)(COc2ccc(F)cc2)C1. The number of pyridine rings is 1. The van der Waals surface area contributed by atoms with E-state index in [0.29, 0.717) is 18.7 Å². The Labute approximate surface area is 141 Å². The molecule has 1 aliphatic rings. The van der Waals surface area contributed by atoms with Crippen molar-refractivity contribution >= 4 is 5.82 Å². The van der Waals surface area contributed by atoms with Gasteiger partial charge in [-0.15, -0.1) is 0 Å². The summed E-state index contributed by atoms with van der Waals surface area (Å²) in [7, 11) is 1.85. The third-order valence-electron chi connectivity index (χ3n) is 4.25. The number of β-amino-alcohol motifs (C(OH)–C–C–N with tert-alkyl or cyclic N) is 1. The van der Waals surface area contributed by atoms with Gasteiger partial charge in [0.05, 0.1) is 0 Å². The van der Waals surface area contributed by atoms with Crippen LogP contribution in [-0.4, -0.2) is 47.3 Å². The minimum Gasteiger partial charge on any atom is -0.491 e. The molecular weight excluding hydrogens is 309 g/mol. The largest absolute Gasteiger partial charge is 0.491 e. The quantitative estimate of drug-likeness (QED) is 0.850. The molecule has 0 radical (unpaired) electrons. The number of aliphatic hydroxyl groups is 1. The smallest absolute Gasteiger partial charge is 0.130 e. The molecule has 1 aromatic carbocycles. The molecule has 5 nitrogen and oxygen atoms in total. The minimum absolute atomic E-state index is 0.195.